The van der Waals surface area contributed by atoms with Gasteiger partial charge in [0.15, 0.2) is 0 Å². The first-order valence-electron chi connectivity index (χ1n) is 6.63. The Kier molecular flexibility index (Phi) is 3.96. The minimum absolute atomic E-state index is 0.180. The van der Waals surface area contributed by atoms with E-state index in [0.29, 0.717) is 11.6 Å². The van der Waals surface area contributed by atoms with Crippen molar-refractivity contribution in [2.24, 2.45) is 0 Å². The van der Waals surface area contributed by atoms with Crippen LogP contribution in [0.1, 0.15) is 17.3 Å². The Hall–Kier alpha value is -1.49. The van der Waals surface area contributed by atoms with Gasteiger partial charge >= 0.3 is 0 Å². The average Bonchev–Trinajstić information content (AvgIpc) is 2.47. The Morgan fingerprint density at radius 2 is 2.20 bits per heavy atom. The third-order valence-corrected chi connectivity index (χ3v) is 3.51. The van der Waals surface area contributed by atoms with Crippen molar-refractivity contribution >= 4 is 11.6 Å². The van der Waals surface area contributed by atoms with Crippen molar-refractivity contribution < 1.29 is 4.74 Å². The van der Waals surface area contributed by atoms with Gasteiger partial charge < -0.3 is 10.1 Å². The van der Waals surface area contributed by atoms with Gasteiger partial charge in [0.05, 0.1) is 36.8 Å². The van der Waals surface area contributed by atoms with E-state index in [2.05, 4.69) is 21.4 Å². The summed E-state index contributed by atoms with van der Waals surface area (Å²) in [6, 6.07) is 6.17. The van der Waals surface area contributed by atoms with Gasteiger partial charge in [-0.25, -0.2) is 4.98 Å². The predicted molar refractivity (Wildman–Crippen MR) is 78.8 cm³/mol. The average molecular weight is 290 g/mol. The van der Waals surface area contributed by atoms with Gasteiger partial charge in [0.1, 0.15) is 0 Å². The quantitative estimate of drug-likeness (QED) is 0.923. The Labute approximate surface area is 123 Å². The summed E-state index contributed by atoms with van der Waals surface area (Å²) in [4.78, 5) is 8.68. The molecule has 0 amide bonds. The molecule has 1 N–H and O–H groups in total. The molecule has 1 aliphatic heterocycles. The van der Waals surface area contributed by atoms with E-state index >= 15 is 0 Å². The van der Waals surface area contributed by atoms with E-state index in [-0.39, 0.29) is 6.04 Å². The van der Waals surface area contributed by atoms with Crippen molar-refractivity contribution in [3.63, 3.8) is 0 Å². The first-order chi connectivity index (χ1) is 9.72. The molecule has 1 atom stereocenters. The molecule has 1 saturated heterocycles. The molecular formula is C15H16ClN3O. The van der Waals surface area contributed by atoms with E-state index in [1.807, 2.05) is 19.1 Å². The summed E-state index contributed by atoms with van der Waals surface area (Å²) in [6.45, 7) is 4.21. The Morgan fingerprint density at radius 1 is 1.30 bits per heavy atom. The van der Waals surface area contributed by atoms with Gasteiger partial charge in [-0.3, -0.25) is 4.98 Å². The number of nitrogens with zero attached hydrogens (tertiary/aromatic N) is 2. The van der Waals surface area contributed by atoms with Crippen molar-refractivity contribution in [3.8, 4) is 11.3 Å². The maximum absolute atomic E-state index is 6.24. The fraction of sp³-hybridized carbons (Fsp3) is 0.333. The van der Waals surface area contributed by atoms with E-state index in [1.54, 1.807) is 12.4 Å². The van der Waals surface area contributed by atoms with E-state index in [1.165, 1.54) is 0 Å². The number of ether oxygens (including phenoxy) is 1. The van der Waals surface area contributed by atoms with E-state index in [4.69, 9.17) is 16.3 Å². The molecule has 2 heterocycles. The molecule has 0 bridgehead atoms. The van der Waals surface area contributed by atoms with Gasteiger partial charge in [-0.15, -0.1) is 0 Å². The Bertz CT molecular complexity index is 612. The molecule has 1 unspecified atom stereocenters. The van der Waals surface area contributed by atoms with Gasteiger partial charge in [-0.2, -0.15) is 0 Å². The van der Waals surface area contributed by atoms with Gasteiger partial charge in [0.25, 0.3) is 0 Å². The number of rotatable bonds is 2. The smallest absolute Gasteiger partial charge is 0.0889 e. The van der Waals surface area contributed by atoms with Crippen LogP contribution in [0.4, 0.5) is 0 Å². The molecule has 1 fully saturated rings. The van der Waals surface area contributed by atoms with Crippen LogP contribution in [-0.2, 0) is 4.74 Å². The second-order valence-electron chi connectivity index (χ2n) is 4.90. The highest BCUT2D eigenvalue weighted by molar-refractivity contribution is 6.31. The van der Waals surface area contributed by atoms with Crippen molar-refractivity contribution in [1.82, 2.24) is 15.3 Å². The van der Waals surface area contributed by atoms with Gasteiger partial charge in [0, 0.05) is 23.3 Å². The predicted octanol–water partition coefficient (Wildman–Crippen LogP) is 2.77. The summed E-state index contributed by atoms with van der Waals surface area (Å²) in [5, 5.41) is 4.14. The fourth-order valence-corrected chi connectivity index (χ4v) is 2.59. The molecule has 2 aromatic rings. The third-order valence-electron chi connectivity index (χ3n) is 3.29. The topological polar surface area (TPSA) is 47.0 Å². The second-order valence-corrected chi connectivity index (χ2v) is 5.34. The van der Waals surface area contributed by atoms with Crippen molar-refractivity contribution in [2.45, 2.75) is 13.0 Å². The standard InChI is InChI=1S/C15H16ClN3O/c1-10-7-17-8-14(19-10)11-4-12(6-13(16)5-11)15-9-20-3-2-18-15/h4-8,15,18H,2-3,9H2,1H3. The number of morpholine rings is 1. The summed E-state index contributed by atoms with van der Waals surface area (Å²) in [6.07, 6.45) is 3.50. The van der Waals surface area contributed by atoms with Crippen LogP contribution in [-0.4, -0.2) is 29.7 Å². The van der Waals surface area contributed by atoms with Crippen LogP contribution in [0.5, 0.6) is 0 Å². The minimum atomic E-state index is 0.180. The lowest BCUT2D eigenvalue weighted by atomic mass is 10.0. The third kappa shape index (κ3) is 2.98. The zero-order chi connectivity index (χ0) is 13.9. The van der Waals surface area contributed by atoms with Gasteiger partial charge in [-0.1, -0.05) is 11.6 Å². The molecule has 1 aromatic heterocycles. The number of aromatic nitrogens is 2. The summed E-state index contributed by atoms with van der Waals surface area (Å²) >= 11 is 6.24. The minimum Gasteiger partial charge on any atom is -0.378 e. The molecule has 0 saturated carbocycles. The van der Waals surface area contributed by atoms with Crippen LogP contribution in [0.2, 0.25) is 5.02 Å². The van der Waals surface area contributed by atoms with Crippen molar-refractivity contribution in [1.29, 1.82) is 0 Å². The summed E-state index contributed by atoms with van der Waals surface area (Å²) in [7, 11) is 0. The number of aryl methyl sites for hydroxylation is 1. The van der Waals surface area contributed by atoms with Crippen molar-refractivity contribution in [2.75, 3.05) is 19.8 Å². The van der Waals surface area contributed by atoms with Gasteiger partial charge in [0.2, 0.25) is 0 Å². The van der Waals surface area contributed by atoms with Crippen LogP contribution in [0.25, 0.3) is 11.3 Å². The van der Waals surface area contributed by atoms with Crippen LogP contribution >= 0.6 is 11.6 Å². The van der Waals surface area contributed by atoms with Crippen molar-refractivity contribution in [3.05, 3.63) is 46.9 Å². The Morgan fingerprint density at radius 3 is 2.95 bits per heavy atom. The molecule has 0 aliphatic carbocycles. The van der Waals surface area contributed by atoms with Crippen LogP contribution < -0.4 is 5.32 Å². The number of hydrogen-bond acceptors (Lipinski definition) is 4. The lowest BCUT2D eigenvalue weighted by Gasteiger charge is -2.24. The first-order valence-corrected chi connectivity index (χ1v) is 7.01. The highest BCUT2D eigenvalue weighted by atomic mass is 35.5. The molecule has 3 rings (SSSR count). The lowest BCUT2D eigenvalue weighted by molar-refractivity contribution is 0.0769. The number of nitrogens with one attached hydrogen (secondary N) is 1. The summed E-state index contributed by atoms with van der Waals surface area (Å²) in [5.74, 6) is 0. The van der Waals surface area contributed by atoms with Crippen LogP contribution in [0.15, 0.2) is 30.6 Å². The highest BCUT2D eigenvalue weighted by Crippen LogP contribution is 2.27. The van der Waals surface area contributed by atoms with E-state index in [0.717, 1.165) is 35.7 Å². The van der Waals surface area contributed by atoms with Gasteiger partial charge in [-0.05, 0) is 30.7 Å². The highest BCUT2D eigenvalue weighted by Gasteiger charge is 2.16. The zero-order valence-electron chi connectivity index (χ0n) is 11.3. The normalized spacial score (nSPS) is 19.0. The molecule has 20 heavy (non-hydrogen) atoms. The first kappa shape index (κ1) is 13.5. The maximum Gasteiger partial charge on any atom is 0.0889 e. The largest absolute Gasteiger partial charge is 0.378 e. The summed E-state index contributed by atoms with van der Waals surface area (Å²) < 4.78 is 5.51. The van der Waals surface area contributed by atoms with E-state index in [9.17, 15) is 0 Å². The zero-order valence-corrected chi connectivity index (χ0v) is 12.0. The maximum atomic E-state index is 6.24. The monoisotopic (exact) mass is 289 g/mol. The summed E-state index contributed by atoms with van der Waals surface area (Å²) in [5.41, 5.74) is 3.83. The van der Waals surface area contributed by atoms with Crippen LogP contribution in [0.3, 0.4) is 0 Å². The molecular weight excluding hydrogens is 274 g/mol. The van der Waals surface area contributed by atoms with E-state index < -0.39 is 0 Å². The second kappa shape index (κ2) is 5.87. The molecule has 5 heteroatoms. The SMILES string of the molecule is Cc1cncc(-c2cc(Cl)cc(C3COCCN3)c2)n1. The molecule has 4 nitrogen and oxygen atoms in total. The molecule has 0 spiro atoms. The fourth-order valence-electron chi connectivity index (χ4n) is 2.34. The lowest BCUT2D eigenvalue weighted by Crippen LogP contribution is -2.34. The number of hydrogen-bond donors (Lipinski definition) is 1. The molecule has 104 valence electrons. The molecule has 0 radical (unpaired) electrons. The Balaban J connectivity index is 1.97. The molecule has 1 aliphatic rings. The van der Waals surface area contributed by atoms with Crippen LogP contribution in [0, 0.1) is 6.92 Å². The molecule has 1 aromatic carbocycles. The number of benzene rings is 1. The number of halogens is 1.